The van der Waals surface area contributed by atoms with Gasteiger partial charge in [-0.15, -0.1) is 0 Å². The van der Waals surface area contributed by atoms with Crippen LogP contribution in [0, 0.1) is 5.92 Å². The summed E-state index contributed by atoms with van der Waals surface area (Å²) in [5.74, 6) is -1.52. The molecule has 1 aliphatic heterocycles. The molecule has 0 spiro atoms. The Bertz CT molecular complexity index is 726. The van der Waals surface area contributed by atoms with E-state index in [1.54, 1.807) is 0 Å². The average molecular weight is 378 g/mol. The number of halogens is 2. The number of ether oxygens (including phenoxy) is 1. The monoisotopic (exact) mass is 378 g/mol. The summed E-state index contributed by atoms with van der Waals surface area (Å²) in [7, 11) is -0.723. The molecule has 0 saturated carbocycles. The zero-order valence-corrected chi connectivity index (χ0v) is 14.6. The van der Waals surface area contributed by atoms with Crippen LogP contribution in [0.15, 0.2) is 24.3 Å². The van der Waals surface area contributed by atoms with E-state index >= 15 is 0 Å². The van der Waals surface area contributed by atoms with Crippen LogP contribution < -0.4 is 4.74 Å². The number of carbonyl (C=O) groups is 1. The summed E-state index contributed by atoms with van der Waals surface area (Å²) in [6.45, 7) is -2.96. The number of alkyl halides is 2. The smallest absolute Gasteiger partial charge is 0.387 e. The number of hydrogen-bond donors (Lipinski definition) is 1. The first kappa shape index (κ1) is 19.5. The van der Waals surface area contributed by atoms with E-state index in [2.05, 4.69) is 4.74 Å². The summed E-state index contributed by atoms with van der Waals surface area (Å²) in [4.78, 5) is 13.8. The number of carbonyl (C=O) groups excluding carboxylic acids is 1. The van der Waals surface area contributed by atoms with Gasteiger partial charge in [0.05, 0.1) is 11.9 Å². The van der Waals surface area contributed by atoms with E-state index in [-0.39, 0.29) is 30.2 Å². The Hall–Kier alpha value is -1.78. The third-order valence-corrected chi connectivity index (χ3v) is 5.94. The van der Waals surface area contributed by atoms with Crippen molar-refractivity contribution >= 4 is 15.9 Å². The maximum atomic E-state index is 12.5. The van der Waals surface area contributed by atoms with Gasteiger partial charge in [0, 0.05) is 38.7 Å². The fourth-order valence-electron chi connectivity index (χ4n) is 2.59. The quantitative estimate of drug-likeness (QED) is 0.784. The summed E-state index contributed by atoms with van der Waals surface area (Å²) in [5.41, 5.74) is 0.126. The lowest BCUT2D eigenvalue weighted by atomic mass is 10.1. The first-order chi connectivity index (χ1) is 11.6. The van der Waals surface area contributed by atoms with Gasteiger partial charge in [-0.25, -0.2) is 12.7 Å². The molecule has 25 heavy (non-hydrogen) atoms. The van der Waals surface area contributed by atoms with Crippen molar-refractivity contribution in [3.05, 3.63) is 29.8 Å². The molecule has 1 fully saturated rings. The molecular weight excluding hydrogens is 358 g/mol. The van der Waals surface area contributed by atoms with Crippen LogP contribution in [0.3, 0.4) is 0 Å². The van der Waals surface area contributed by atoms with E-state index in [1.807, 2.05) is 0 Å². The SMILES string of the molecule is CN(C)S(=O)(=O)C[C@@H]1CN(C(=O)c2cccc(OC(F)F)c2)C[C@H]1O. The van der Waals surface area contributed by atoms with Crippen molar-refractivity contribution in [3.63, 3.8) is 0 Å². The number of likely N-dealkylation sites (tertiary alicyclic amines) is 1. The molecule has 0 aromatic heterocycles. The van der Waals surface area contributed by atoms with E-state index in [9.17, 15) is 27.1 Å². The van der Waals surface area contributed by atoms with E-state index in [0.29, 0.717) is 0 Å². The standard InChI is InChI=1S/C15H20F2N2O5S/c1-18(2)25(22,23)9-11-7-19(8-13(11)20)14(21)10-4-3-5-12(6-10)24-15(16)17/h3-6,11,13,15,20H,7-9H2,1-2H3/t11-,13+/m0/s1. The Morgan fingerprint density at radius 1 is 1.40 bits per heavy atom. The molecule has 2 atom stereocenters. The fraction of sp³-hybridized carbons (Fsp3) is 0.533. The van der Waals surface area contributed by atoms with Gasteiger partial charge in [-0.05, 0) is 18.2 Å². The highest BCUT2D eigenvalue weighted by Crippen LogP contribution is 2.23. The Kier molecular flexibility index (Phi) is 5.96. The second kappa shape index (κ2) is 7.63. The first-order valence-electron chi connectivity index (χ1n) is 7.52. The lowest BCUT2D eigenvalue weighted by molar-refractivity contribution is -0.0499. The van der Waals surface area contributed by atoms with E-state index in [0.717, 1.165) is 4.31 Å². The van der Waals surface area contributed by atoms with E-state index in [4.69, 9.17) is 0 Å². The molecule has 1 saturated heterocycles. The minimum atomic E-state index is -3.52. The summed E-state index contributed by atoms with van der Waals surface area (Å²) < 4.78 is 53.8. The molecular formula is C15H20F2N2O5S. The Labute approximate surface area is 144 Å². The van der Waals surface area contributed by atoms with Crippen molar-refractivity contribution in [2.24, 2.45) is 5.92 Å². The zero-order valence-electron chi connectivity index (χ0n) is 13.8. The number of nitrogens with zero attached hydrogens (tertiary/aromatic N) is 2. The number of rotatable bonds is 6. The molecule has 0 radical (unpaired) electrons. The average Bonchev–Trinajstić information content (AvgIpc) is 2.86. The second-order valence-electron chi connectivity index (χ2n) is 6.00. The molecule has 1 amide bonds. The van der Waals surface area contributed by atoms with E-state index < -0.39 is 34.6 Å². The van der Waals surface area contributed by atoms with Crippen LogP contribution in [0.1, 0.15) is 10.4 Å². The molecule has 1 aliphatic rings. The number of aliphatic hydroxyl groups is 1. The minimum Gasteiger partial charge on any atom is -0.435 e. The Morgan fingerprint density at radius 2 is 2.08 bits per heavy atom. The summed E-state index contributed by atoms with van der Waals surface area (Å²) >= 11 is 0. The molecule has 0 unspecified atom stereocenters. The van der Waals surface area contributed by atoms with Crippen molar-refractivity contribution in [2.75, 3.05) is 32.9 Å². The lowest BCUT2D eigenvalue weighted by Crippen LogP contribution is -2.33. The van der Waals surface area contributed by atoms with Crippen molar-refractivity contribution in [1.82, 2.24) is 9.21 Å². The first-order valence-corrected chi connectivity index (χ1v) is 9.13. The molecule has 1 aromatic carbocycles. The molecule has 10 heteroatoms. The van der Waals surface area contributed by atoms with Gasteiger partial charge in [0.2, 0.25) is 10.0 Å². The molecule has 0 aliphatic carbocycles. The van der Waals surface area contributed by atoms with Gasteiger partial charge < -0.3 is 14.7 Å². The lowest BCUT2D eigenvalue weighted by Gasteiger charge is -2.18. The minimum absolute atomic E-state index is 0.0214. The van der Waals surface area contributed by atoms with Crippen LogP contribution in [0.25, 0.3) is 0 Å². The highest BCUT2D eigenvalue weighted by Gasteiger charge is 2.37. The normalized spacial score (nSPS) is 21.2. The Morgan fingerprint density at radius 3 is 2.68 bits per heavy atom. The van der Waals surface area contributed by atoms with Crippen LogP contribution in [-0.2, 0) is 10.0 Å². The van der Waals surface area contributed by atoms with Gasteiger partial charge in [-0.3, -0.25) is 4.79 Å². The van der Waals surface area contributed by atoms with Crippen molar-refractivity contribution in [3.8, 4) is 5.75 Å². The molecule has 7 nitrogen and oxygen atoms in total. The van der Waals surface area contributed by atoms with Crippen LogP contribution >= 0.6 is 0 Å². The van der Waals surface area contributed by atoms with E-state index in [1.165, 1.54) is 43.3 Å². The predicted octanol–water partition coefficient (Wildman–Crippen LogP) is 0.612. The third-order valence-electron chi connectivity index (χ3n) is 3.98. The van der Waals surface area contributed by atoms with Crippen LogP contribution in [0.5, 0.6) is 5.75 Å². The van der Waals surface area contributed by atoms with Crippen molar-refractivity contribution in [1.29, 1.82) is 0 Å². The number of aliphatic hydroxyl groups excluding tert-OH is 1. The van der Waals surface area contributed by atoms with Gasteiger partial charge in [0.1, 0.15) is 5.75 Å². The van der Waals surface area contributed by atoms with Gasteiger partial charge in [0.15, 0.2) is 0 Å². The van der Waals surface area contributed by atoms with Crippen LogP contribution in [0.2, 0.25) is 0 Å². The topological polar surface area (TPSA) is 87.2 Å². The maximum absolute atomic E-state index is 12.5. The highest BCUT2D eigenvalue weighted by atomic mass is 32.2. The van der Waals surface area contributed by atoms with Gasteiger partial charge in [-0.2, -0.15) is 8.78 Å². The van der Waals surface area contributed by atoms with Gasteiger partial charge in [0.25, 0.3) is 5.91 Å². The molecule has 0 bridgehead atoms. The molecule has 1 heterocycles. The molecule has 1 N–H and O–H groups in total. The summed E-state index contributed by atoms with van der Waals surface area (Å²) in [6, 6.07) is 5.33. The summed E-state index contributed by atoms with van der Waals surface area (Å²) in [6.07, 6.45) is -0.973. The fourth-order valence-corrected chi connectivity index (χ4v) is 3.76. The van der Waals surface area contributed by atoms with Crippen molar-refractivity contribution < 1.29 is 31.8 Å². The zero-order chi connectivity index (χ0) is 18.8. The van der Waals surface area contributed by atoms with Gasteiger partial charge in [-0.1, -0.05) is 6.07 Å². The molecule has 140 valence electrons. The highest BCUT2D eigenvalue weighted by molar-refractivity contribution is 7.89. The van der Waals surface area contributed by atoms with Crippen molar-refractivity contribution in [2.45, 2.75) is 12.7 Å². The number of β-amino-alcohol motifs (C(OH)–C–C–N with tert-alkyl or cyclic N) is 1. The second-order valence-corrected chi connectivity index (χ2v) is 8.23. The van der Waals surface area contributed by atoms with Gasteiger partial charge >= 0.3 is 6.61 Å². The molecule has 2 rings (SSSR count). The predicted molar refractivity (Wildman–Crippen MR) is 85.9 cm³/mol. The Balaban J connectivity index is 2.09. The maximum Gasteiger partial charge on any atom is 0.387 e. The number of benzene rings is 1. The number of hydrogen-bond acceptors (Lipinski definition) is 5. The largest absolute Gasteiger partial charge is 0.435 e. The number of sulfonamides is 1. The summed E-state index contributed by atoms with van der Waals surface area (Å²) in [5, 5.41) is 10.1. The number of amides is 1. The third kappa shape index (κ3) is 4.86. The van der Waals surface area contributed by atoms with Crippen LogP contribution in [0.4, 0.5) is 8.78 Å². The molecule has 1 aromatic rings. The van der Waals surface area contributed by atoms with Crippen LogP contribution in [-0.4, -0.2) is 74.3 Å².